The highest BCUT2D eigenvalue weighted by molar-refractivity contribution is 6.31. The molecule has 6 nitrogen and oxygen atoms in total. The second-order valence-corrected chi connectivity index (χ2v) is 7.31. The first-order chi connectivity index (χ1) is 15.4. The van der Waals surface area contributed by atoms with Gasteiger partial charge in [0.1, 0.15) is 11.6 Å². The highest BCUT2D eigenvalue weighted by atomic mass is 35.5. The molecule has 0 aliphatic carbocycles. The number of esters is 1. The molecule has 3 aromatic carbocycles. The molecule has 0 spiro atoms. The van der Waals surface area contributed by atoms with Crippen LogP contribution in [0, 0.1) is 11.3 Å². The molecular weight excluding hydrogens is 451 g/mol. The number of nitrogens with zero attached hydrogens (tertiary/aromatic N) is 1. The molecule has 8 heteroatoms. The zero-order chi connectivity index (χ0) is 23.1. The van der Waals surface area contributed by atoms with Crippen molar-refractivity contribution in [2.75, 3.05) is 12.4 Å². The summed E-state index contributed by atoms with van der Waals surface area (Å²) >= 11 is 11.7. The van der Waals surface area contributed by atoms with Gasteiger partial charge < -0.3 is 14.8 Å². The summed E-state index contributed by atoms with van der Waals surface area (Å²) in [4.78, 5) is 24.8. The van der Waals surface area contributed by atoms with Gasteiger partial charge in [0, 0.05) is 15.7 Å². The molecule has 0 atom stereocenters. The molecule has 1 amide bonds. The average Bonchev–Trinajstić information content (AvgIpc) is 2.78. The standard InChI is InChI=1S/C24H16Cl2N2O4/c1-31-22-12-15(5-10-21(22)32-24(30)16-6-8-18(25)9-7-16)11-17(14-27)23(29)28-20-4-2-3-19(26)13-20/h2-13H,1H3,(H,28,29)/b17-11+. The minimum atomic E-state index is -0.591. The summed E-state index contributed by atoms with van der Waals surface area (Å²) in [7, 11) is 1.42. The van der Waals surface area contributed by atoms with Crippen LogP contribution in [-0.2, 0) is 4.79 Å². The largest absolute Gasteiger partial charge is 0.493 e. The first kappa shape index (κ1) is 22.9. The number of hydrogen-bond acceptors (Lipinski definition) is 5. The van der Waals surface area contributed by atoms with Gasteiger partial charge in [-0.1, -0.05) is 35.3 Å². The molecule has 0 unspecified atom stereocenters. The fraction of sp³-hybridized carbons (Fsp3) is 0.0417. The zero-order valence-electron chi connectivity index (χ0n) is 16.8. The van der Waals surface area contributed by atoms with Crippen molar-refractivity contribution >= 4 is 46.8 Å². The lowest BCUT2D eigenvalue weighted by Gasteiger charge is -2.10. The first-order valence-corrected chi connectivity index (χ1v) is 9.99. The Morgan fingerprint density at radius 2 is 1.72 bits per heavy atom. The lowest BCUT2D eigenvalue weighted by atomic mass is 10.1. The Bertz CT molecular complexity index is 1230. The molecule has 32 heavy (non-hydrogen) atoms. The third-order valence-corrected chi connectivity index (χ3v) is 4.72. The summed E-state index contributed by atoms with van der Waals surface area (Å²) < 4.78 is 10.7. The van der Waals surface area contributed by atoms with E-state index in [9.17, 15) is 14.9 Å². The minimum Gasteiger partial charge on any atom is -0.493 e. The topological polar surface area (TPSA) is 88.4 Å². The van der Waals surface area contributed by atoms with E-state index in [4.69, 9.17) is 32.7 Å². The number of halogens is 2. The second-order valence-electron chi connectivity index (χ2n) is 6.44. The highest BCUT2D eigenvalue weighted by Gasteiger charge is 2.14. The number of methoxy groups -OCH3 is 1. The summed E-state index contributed by atoms with van der Waals surface area (Å²) in [6.45, 7) is 0. The molecule has 0 fully saturated rings. The minimum absolute atomic E-state index is 0.127. The van der Waals surface area contributed by atoms with E-state index < -0.39 is 11.9 Å². The predicted octanol–water partition coefficient (Wildman–Crippen LogP) is 5.77. The highest BCUT2D eigenvalue weighted by Crippen LogP contribution is 2.30. The number of carbonyl (C=O) groups excluding carboxylic acids is 2. The van der Waals surface area contributed by atoms with Crippen LogP contribution in [0.3, 0.4) is 0 Å². The number of rotatable bonds is 6. The normalized spacial score (nSPS) is 10.8. The molecule has 160 valence electrons. The third-order valence-electron chi connectivity index (χ3n) is 4.23. The monoisotopic (exact) mass is 466 g/mol. The van der Waals surface area contributed by atoms with E-state index in [1.807, 2.05) is 6.07 Å². The Balaban J connectivity index is 1.79. The maximum Gasteiger partial charge on any atom is 0.343 e. The van der Waals surface area contributed by atoms with Crippen molar-refractivity contribution in [2.24, 2.45) is 0 Å². The summed E-state index contributed by atoms with van der Waals surface area (Å²) in [5.41, 5.74) is 1.17. The van der Waals surface area contributed by atoms with E-state index in [1.165, 1.54) is 19.3 Å². The van der Waals surface area contributed by atoms with Gasteiger partial charge in [-0.25, -0.2) is 4.79 Å². The van der Waals surface area contributed by atoms with Crippen molar-refractivity contribution < 1.29 is 19.1 Å². The van der Waals surface area contributed by atoms with Gasteiger partial charge in [-0.15, -0.1) is 0 Å². The van der Waals surface area contributed by atoms with Crippen molar-refractivity contribution in [3.63, 3.8) is 0 Å². The molecule has 3 aromatic rings. The molecule has 0 heterocycles. The number of carbonyl (C=O) groups is 2. The number of benzene rings is 3. The molecule has 0 aromatic heterocycles. The molecule has 0 aliphatic rings. The summed E-state index contributed by atoms with van der Waals surface area (Å²) in [6.07, 6.45) is 1.40. The van der Waals surface area contributed by atoms with E-state index in [0.29, 0.717) is 26.9 Å². The van der Waals surface area contributed by atoms with E-state index in [2.05, 4.69) is 5.32 Å². The summed E-state index contributed by atoms with van der Waals surface area (Å²) in [5.74, 6) is -0.728. The van der Waals surface area contributed by atoms with Crippen LogP contribution in [0.15, 0.2) is 72.3 Å². The molecule has 0 aliphatic heterocycles. The number of ether oxygens (including phenoxy) is 2. The molecule has 0 radical (unpaired) electrons. The Morgan fingerprint density at radius 3 is 2.38 bits per heavy atom. The van der Waals surface area contributed by atoms with Crippen LogP contribution in [-0.4, -0.2) is 19.0 Å². The van der Waals surface area contributed by atoms with Crippen LogP contribution in [0.2, 0.25) is 10.0 Å². The van der Waals surface area contributed by atoms with Crippen molar-refractivity contribution in [2.45, 2.75) is 0 Å². The molecule has 0 bridgehead atoms. The summed E-state index contributed by atoms with van der Waals surface area (Å²) in [6, 6.07) is 19.4. The van der Waals surface area contributed by atoms with Gasteiger partial charge in [0.25, 0.3) is 5.91 Å². The average molecular weight is 467 g/mol. The third kappa shape index (κ3) is 5.88. The van der Waals surface area contributed by atoms with Gasteiger partial charge in [-0.3, -0.25) is 4.79 Å². The van der Waals surface area contributed by atoms with Crippen molar-refractivity contribution in [1.82, 2.24) is 0 Å². The van der Waals surface area contributed by atoms with E-state index in [-0.39, 0.29) is 17.1 Å². The van der Waals surface area contributed by atoms with E-state index in [0.717, 1.165) is 0 Å². The van der Waals surface area contributed by atoms with Gasteiger partial charge in [0.15, 0.2) is 11.5 Å². The molecule has 1 N–H and O–H groups in total. The molecule has 3 rings (SSSR count). The summed E-state index contributed by atoms with van der Waals surface area (Å²) in [5, 5.41) is 13.0. The molecule has 0 saturated heterocycles. The van der Waals surface area contributed by atoms with E-state index >= 15 is 0 Å². The number of anilines is 1. The van der Waals surface area contributed by atoms with Crippen LogP contribution < -0.4 is 14.8 Å². The fourth-order valence-electron chi connectivity index (χ4n) is 2.68. The quantitative estimate of drug-likeness (QED) is 0.215. The van der Waals surface area contributed by atoms with Crippen molar-refractivity contribution in [3.8, 4) is 17.6 Å². The number of nitrogens with one attached hydrogen (secondary N) is 1. The Hall–Kier alpha value is -3.79. The lowest BCUT2D eigenvalue weighted by molar-refractivity contribution is -0.112. The van der Waals surface area contributed by atoms with Gasteiger partial charge >= 0.3 is 5.97 Å². The van der Waals surface area contributed by atoms with E-state index in [1.54, 1.807) is 60.7 Å². The maximum atomic E-state index is 12.5. The predicted molar refractivity (Wildman–Crippen MR) is 123 cm³/mol. The number of amides is 1. The molecule has 0 saturated carbocycles. The van der Waals surface area contributed by atoms with Crippen LogP contribution in [0.4, 0.5) is 5.69 Å². The van der Waals surface area contributed by atoms with Crippen molar-refractivity contribution in [1.29, 1.82) is 5.26 Å². The Kier molecular flexibility index (Phi) is 7.50. The zero-order valence-corrected chi connectivity index (χ0v) is 18.3. The second kappa shape index (κ2) is 10.5. The fourth-order valence-corrected chi connectivity index (χ4v) is 3.00. The smallest absolute Gasteiger partial charge is 0.343 e. The van der Waals surface area contributed by atoms with Crippen LogP contribution >= 0.6 is 23.2 Å². The van der Waals surface area contributed by atoms with Gasteiger partial charge in [-0.05, 0) is 66.2 Å². The van der Waals surface area contributed by atoms with Crippen molar-refractivity contribution in [3.05, 3.63) is 93.5 Å². The van der Waals surface area contributed by atoms with Gasteiger partial charge in [0.05, 0.1) is 12.7 Å². The van der Waals surface area contributed by atoms with Crippen LogP contribution in [0.1, 0.15) is 15.9 Å². The molecular formula is C24H16Cl2N2O4. The number of hydrogen-bond donors (Lipinski definition) is 1. The van der Waals surface area contributed by atoms with Gasteiger partial charge in [-0.2, -0.15) is 5.26 Å². The van der Waals surface area contributed by atoms with Crippen LogP contribution in [0.25, 0.3) is 6.08 Å². The Morgan fingerprint density at radius 1 is 0.969 bits per heavy atom. The SMILES string of the molecule is COc1cc(/C=C(\C#N)C(=O)Nc2cccc(Cl)c2)ccc1OC(=O)c1ccc(Cl)cc1. The maximum absolute atomic E-state index is 12.5. The lowest BCUT2D eigenvalue weighted by Crippen LogP contribution is -2.13. The van der Waals surface area contributed by atoms with Gasteiger partial charge in [0.2, 0.25) is 0 Å². The van der Waals surface area contributed by atoms with Crippen LogP contribution in [0.5, 0.6) is 11.5 Å². The Labute approximate surface area is 194 Å². The number of nitriles is 1. The first-order valence-electron chi connectivity index (χ1n) is 9.24.